The fourth-order valence-corrected chi connectivity index (χ4v) is 1.75. The molecule has 1 aromatic carbocycles. The SMILES string of the molecule is C[C@@H](O)[C@@H](N)c1c(O)cc(Cl)cc1Cl. The molecule has 4 N–H and O–H groups in total. The summed E-state index contributed by atoms with van der Waals surface area (Å²) >= 11 is 11.5. The van der Waals surface area contributed by atoms with Crippen molar-refractivity contribution in [3.05, 3.63) is 27.7 Å². The van der Waals surface area contributed by atoms with Gasteiger partial charge in [0.15, 0.2) is 0 Å². The first-order chi connectivity index (χ1) is 6.43. The van der Waals surface area contributed by atoms with Crippen LogP contribution in [0.3, 0.4) is 0 Å². The van der Waals surface area contributed by atoms with E-state index < -0.39 is 12.1 Å². The Hall–Kier alpha value is -0.480. The molecular formula is C9H11Cl2NO2. The van der Waals surface area contributed by atoms with Crippen LogP contribution in [0, 0.1) is 0 Å². The van der Waals surface area contributed by atoms with Gasteiger partial charge in [0.1, 0.15) is 5.75 Å². The Kier molecular flexibility index (Phi) is 3.61. The van der Waals surface area contributed by atoms with Gasteiger partial charge in [0, 0.05) is 10.6 Å². The summed E-state index contributed by atoms with van der Waals surface area (Å²) < 4.78 is 0. The van der Waals surface area contributed by atoms with Gasteiger partial charge in [-0.25, -0.2) is 0 Å². The summed E-state index contributed by atoms with van der Waals surface area (Å²) in [6.45, 7) is 1.52. The van der Waals surface area contributed by atoms with Crippen LogP contribution in [0.15, 0.2) is 12.1 Å². The summed E-state index contributed by atoms with van der Waals surface area (Å²) in [7, 11) is 0. The van der Waals surface area contributed by atoms with Gasteiger partial charge in [0.05, 0.1) is 17.2 Å². The maximum atomic E-state index is 9.53. The number of phenolic OH excluding ortho intramolecular Hbond substituents is 1. The molecule has 0 aliphatic carbocycles. The number of aliphatic hydroxyl groups excluding tert-OH is 1. The lowest BCUT2D eigenvalue weighted by Crippen LogP contribution is -2.23. The van der Waals surface area contributed by atoms with Crippen molar-refractivity contribution >= 4 is 23.2 Å². The van der Waals surface area contributed by atoms with Gasteiger partial charge < -0.3 is 15.9 Å². The quantitative estimate of drug-likeness (QED) is 0.736. The van der Waals surface area contributed by atoms with Crippen molar-refractivity contribution < 1.29 is 10.2 Å². The molecular weight excluding hydrogens is 225 g/mol. The number of hydrogen-bond acceptors (Lipinski definition) is 3. The lowest BCUT2D eigenvalue weighted by Gasteiger charge is -2.17. The van der Waals surface area contributed by atoms with E-state index >= 15 is 0 Å². The van der Waals surface area contributed by atoms with E-state index in [1.807, 2.05) is 0 Å². The van der Waals surface area contributed by atoms with Crippen LogP contribution in [0.5, 0.6) is 5.75 Å². The summed E-state index contributed by atoms with van der Waals surface area (Å²) in [5.41, 5.74) is 5.96. The van der Waals surface area contributed by atoms with Crippen molar-refractivity contribution in [1.29, 1.82) is 0 Å². The van der Waals surface area contributed by atoms with Crippen LogP contribution in [0.25, 0.3) is 0 Å². The van der Waals surface area contributed by atoms with E-state index in [-0.39, 0.29) is 10.8 Å². The highest BCUT2D eigenvalue weighted by Crippen LogP contribution is 2.34. The van der Waals surface area contributed by atoms with Gasteiger partial charge in [-0.15, -0.1) is 0 Å². The molecule has 0 spiro atoms. The van der Waals surface area contributed by atoms with Gasteiger partial charge in [-0.1, -0.05) is 23.2 Å². The van der Waals surface area contributed by atoms with E-state index in [4.69, 9.17) is 28.9 Å². The molecule has 14 heavy (non-hydrogen) atoms. The second kappa shape index (κ2) is 4.36. The zero-order valence-electron chi connectivity index (χ0n) is 7.54. The van der Waals surface area contributed by atoms with Gasteiger partial charge in [0.2, 0.25) is 0 Å². The van der Waals surface area contributed by atoms with E-state index in [1.165, 1.54) is 19.1 Å². The van der Waals surface area contributed by atoms with Gasteiger partial charge >= 0.3 is 0 Å². The van der Waals surface area contributed by atoms with E-state index in [9.17, 15) is 10.2 Å². The van der Waals surface area contributed by atoms with E-state index in [1.54, 1.807) is 0 Å². The summed E-state index contributed by atoms with van der Waals surface area (Å²) in [5, 5.41) is 19.4. The maximum Gasteiger partial charge on any atom is 0.123 e. The van der Waals surface area contributed by atoms with Gasteiger partial charge in [0.25, 0.3) is 0 Å². The highest BCUT2D eigenvalue weighted by molar-refractivity contribution is 6.35. The van der Waals surface area contributed by atoms with Gasteiger partial charge in [-0.05, 0) is 19.1 Å². The maximum absolute atomic E-state index is 9.53. The van der Waals surface area contributed by atoms with Crippen LogP contribution in [0.1, 0.15) is 18.5 Å². The Morgan fingerprint density at radius 2 is 1.93 bits per heavy atom. The first-order valence-corrected chi connectivity index (χ1v) is 4.80. The second-order valence-electron chi connectivity index (χ2n) is 3.09. The molecule has 1 aromatic rings. The third-order valence-electron chi connectivity index (χ3n) is 1.93. The molecule has 0 aromatic heterocycles. The first-order valence-electron chi connectivity index (χ1n) is 4.05. The lowest BCUT2D eigenvalue weighted by molar-refractivity contribution is 0.163. The molecule has 2 atom stereocenters. The second-order valence-corrected chi connectivity index (χ2v) is 3.93. The van der Waals surface area contributed by atoms with E-state index in [0.717, 1.165) is 0 Å². The minimum absolute atomic E-state index is 0.101. The number of halogens is 2. The Balaban J connectivity index is 3.20. The first kappa shape index (κ1) is 11.6. The molecule has 0 heterocycles. The highest BCUT2D eigenvalue weighted by atomic mass is 35.5. The minimum Gasteiger partial charge on any atom is -0.507 e. The minimum atomic E-state index is -0.792. The molecule has 0 saturated heterocycles. The highest BCUT2D eigenvalue weighted by Gasteiger charge is 2.19. The van der Waals surface area contributed by atoms with Gasteiger partial charge in [-0.2, -0.15) is 0 Å². The molecule has 0 saturated carbocycles. The van der Waals surface area contributed by atoms with Crippen molar-refractivity contribution in [2.75, 3.05) is 0 Å². The molecule has 0 radical (unpaired) electrons. The van der Waals surface area contributed by atoms with Crippen LogP contribution < -0.4 is 5.73 Å². The molecule has 0 fully saturated rings. The number of aliphatic hydroxyl groups is 1. The molecule has 0 aliphatic heterocycles. The third kappa shape index (κ3) is 2.30. The fourth-order valence-electron chi connectivity index (χ4n) is 1.14. The number of benzene rings is 1. The zero-order valence-corrected chi connectivity index (χ0v) is 9.05. The van der Waals surface area contributed by atoms with Crippen LogP contribution in [-0.2, 0) is 0 Å². The van der Waals surface area contributed by atoms with Gasteiger partial charge in [-0.3, -0.25) is 0 Å². The number of aromatic hydroxyl groups is 1. The number of hydrogen-bond donors (Lipinski definition) is 3. The van der Waals surface area contributed by atoms with Crippen LogP contribution in [0.4, 0.5) is 0 Å². The molecule has 0 unspecified atom stereocenters. The fraction of sp³-hybridized carbons (Fsp3) is 0.333. The zero-order chi connectivity index (χ0) is 10.9. The van der Waals surface area contributed by atoms with Crippen molar-refractivity contribution in [2.24, 2.45) is 5.73 Å². The summed E-state index contributed by atoms with van der Waals surface area (Å²) in [6, 6.07) is 2.09. The average molecular weight is 236 g/mol. The van der Waals surface area contributed by atoms with Crippen LogP contribution in [-0.4, -0.2) is 16.3 Å². The molecule has 5 heteroatoms. The Labute approximate surface area is 92.1 Å². The summed E-state index contributed by atoms with van der Waals surface area (Å²) in [4.78, 5) is 0. The van der Waals surface area contributed by atoms with Crippen LogP contribution >= 0.6 is 23.2 Å². The number of phenols is 1. The number of nitrogens with two attached hydrogens (primary N) is 1. The van der Waals surface area contributed by atoms with Crippen molar-refractivity contribution in [3.63, 3.8) is 0 Å². The van der Waals surface area contributed by atoms with E-state index in [0.29, 0.717) is 10.6 Å². The summed E-state index contributed by atoms with van der Waals surface area (Å²) in [5.74, 6) is -0.101. The van der Waals surface area contributed by atoms with Crippen molar-refractivity contribution in [3.8, 4) is 5.75 Å². The predicted molar refractivity (Wildman–Crippen MR) is 56.7 cm³/mol. The van der Waals surface area contributed by atoms with Crippen LogP contribution in [0.2, 0.25) is 10.0 Å². The Morgan fingerprint density at radius 3 is 2.36 bits per heavy atom. The monoisotopic (exact) mass is 235 g/mol. The molecule has 0 aliphatic rings. The topological polar surface area (TPSA) is 66.5 Å². The van der Waals surface area contributed by atoms with Crippen molar-refractivity contribution in [1.82, 2.24) is 0 Å². The molecule has 0 amide bonds. The number of rotatable bonds is 2. The Bertz CT molecular complexity index is 319. The summed E-state index contributed by atoms with van der Waals surface area (Å²) in [6.07, 6.45) is -0.792. The molecule has 3 nitrogen and oxygen atoms in total. The molecule has 0 bridgehead atoms. The third-order valence-corrected chi connectivity index (χ3v) is 2.46. The van der Waals surface area contributed by atoms with E-state index in [2.05, 4.69) is 0 Å². The smallest absolute Gasteiger partial charge is 0.123 e. The average Bonchev–Trinajstić information content (AvgIpc) is 2.01. The molecule has 78 valence electrons. The normalized spacial score (nSPS) is 15.2. The largest absolute Gasteiger partial charge is 0.507 e. The van der Waals surface area contributed by atoms with Crippen molar-refractivity contribution in [2.45, 2.75) is 19.1 Å². The standard InChI is InChI=1S/C9H11Cl2NO2/c1-4(13)9(12)8-6(11)2-5(10)3-7(8)14/h2-4,9,13-14H,12H2,1H3/t4-,9-/m1/s1. The predicted octanol–water partition coefficient (Wildman–Crippen LogP) is 2.08. The molecule has 1 rings (SSSR count). The Morgan fingerprint density at radius 1 is 1.36 bits per heavy atom. The lowest BCUT2D eigenvalue weighted by atomic mass is 10.0.